The second-order valence-electron chi connectivity index (χ2n) is 6.04. The number of esters is 1. The number of nitrogens with zero attached hydrogens (tertiary/aromatic N) is 2. The quantitative estimate of drug-likeness (QED) is 0.409. The van der Waals surface area contributed by atoms with Crippen LogP contribution in [0.5, 0.6) is 0 Å². The van der Waals surface area contributed by atoms with E-state index in [1.54, 1.807) is 0 Å². The summed E-state index contributed by atoms with van der Waals surface area (Å²) in [5.41, 5.74) is 0.764. The molecule has 1 aliphatic rings. The molecule has 2 aromatic carbocycles. The van der Waals surface area contributed by atoms with Crippen LogP contribution in [0.3, 0.4) is 0 Å². The Morgan fingerprint density at radius 1 is 1.07 bits per heavy atom. The van der Waals surface area contributed by atoms with Gasteiger partial charge in [-0.25, -0.2) is 13.2 Å². The summed E-state index contributed by atoms with van der Waals surface area (Å²) in [7, 11) is -3.62. The molecule has 0 aromatic heterocycles. The average molecular weight is 406 g/mol. The van der Waals surface area contributed by atoms with Crippen molar-refractivity contribution in [2.45, 2.75) is 11.5 Å². The Hall–Kier alpha value is -2.82. The smallest absolute Gasteiger partial charge is 0.338 e. The van der Waals surface area contributed by atoms with E-state index in [4.69, 9.17) is 9.47 Å². The fourth-order valence-corrected chi connectivity index (χ4v) is 4.05. The minimum atomic E-state index is -3.62. The predicted octanol–water partition coefficient (Wildman–Crippen LogP) is 1.97. The van der Waals surface area contributed by atoms with E-state index in [0.29, 0.717) is 31.9 Å². The summed E-state index contributed by atoms with van der Waals surface area (Å²) in [6, 6.07) is 11.2. The first kappa shape index (κ1) is 19.9. The van der Waals surface area contributed by atoms with Crippen LogP contribution < -0.4 is 0 Å². The summed E-state index contributed by atoms with van der Waals surface area (Å²) in [5.74, 6) is -0.617. The second-order valence-corrected chi connectivity index (χ2v) is 7.98. The summed E-state index contributed by atoms with van der Waals surface area (Å²) >= 11 is 0. The number of benzene rings is 2. The minimum absolute atomic E-state index is 0.0489. The summed E-state index contributed by atoms with van der Waals surface area (Å²) in [6.07, 6.45) is 0. The van der Waals surface area contributed by atoms with Crippen molar-refractivity contribution in [2.24, 2.45) is 0 Å². The zero-order chi connectivity index (χ0) is 20.1. The number of sulfonamides is 1. The zero-order valence-electron chi connectivity index (χ0n) is 14.8. The highest BCUT2D eigenvalue weighted by atomic mass is 32.2. The van der Waals surface area contributed by atoms with E-state index in [9.17, 15) is 23.3 Å². The van der Waals surface area contributed by atoms with Crippen LogP contribution in [-0.4, -0.2) is 49.9 Å². The molecule has 0 atom stereocenters. The maximum atomic E-state index is 12.6. The first-order valence-corrected chi connectivity index (χ1v) is 9.90. The molecule has 0 N–H and O–H groups in total. The van der Waals surface area contributed by atoms with Gasteiger partial charge in [-0.15, -0.1) is 0 Å². The maximum absolute atomic E-state index is 12.6. The second kappa shape index (κ2) is 8.46. The topological polar surface area (TPSA) is 116 Å². The normalized spacial score (nSPS) is 15.1. The van der Waals surface area contributed by atoms with E-state index in [2.05, 4.69) is 0 Å². The molecule has 0 bridgehead atoms. The number of carbonyl (C=O) groups excluding carboxylic acids is 1. The lowest BCUT2D eigenvalue weighted by molar-refractivity contribution is -0.384. The fraction of sp³-hybridized carbons (Fsp3) is 0.278. The van der Waals surface area contributed by atoms with Crippen LogP contribution in [0.4, 0.5) is 5.69 Å². The van der Waals surface area contributed by atoms with Crippen LogP contribution in [0.1, 0.15) is 15.9 Å². The molecule has 2 aromatic rings. The molecule has 1 aliphatic heterocycles. The first-order valence-electron chi connectivity index (χ1n) is 8.46. The van der Waals surface area contributed by atoms with Crippen molar-refractivity contribution < 1.29 is 27.6 Å². The average Bonchev–Trinajstić information content (AvgIpc) is 2.73. The Bertz CT molecular complexity index is 950. The molecule has 1 fully saturated rings. The van der Waals surface area contributed by atoms with Gasteiger partial charge in [0.05, 0.1) is 28.6 Å². The van der Waals surface area contributed by atoms with E-state index < -0.39 is 20.9 Å². The highest BCUT2D eigenvalue weighted by Crippen LogP contribution is 2.18. The van der Waals surface area contributed by atoms with E-state index in [1.165, 1.54) is 52.8 Å². The number of rotatable bonds is 6. The molecule has 9 nitrogen and oxygen atoms in total. The Labute approximate surface area is 161 Å². The number of nitro benzene ring substituents is 1. The van der Waals surface area contributed by atoms with Gasteiger partial charge in [0.2, 0.25) is 10.0 Å². The summed E-state index contributed by atoms with van der Waals surface area (Å²) < 4.78 is 36.8. The van der Waals surface area contributed by atoms with Gasteiger partial charge in [-0.1, -0.05) is 0 Å². The molecule has 28 heavy (non-hydrogen) atoms. The van der Waals surface area contributed by atoms with Crippen molar-refractivity contribution >= 4 is 21.7 Å². The number of non-ortho nitro benzene ring substituents is 1. The third-order valence-electron chi connectivity index (χ3n) is 4.21. The Morgan fingerprint density at radius 3 is 2.25 bits per heavy atom. The number of carbonyl (C=O) groups is 1. The van der Waals surface area contributed by atoms with Gasteiger partial charge in [0, 0.05) is 25.2 Å². The van der Waals surface area contributed by atoms with Crippen LogP contribution in [0.25, 0.3) is 0 Å². The van der Waals surface area contributed by atoms with Gasteiger partial charge >= 0.3 is 5.97 Å². The monoisotopic (exact) mass is 406 g/mol. The Morgan fingerprint density at radius 2 is 1.68 bits per heavy atom. The maximum Gasteiger partial charge on any atom is 0.338 e. The third kappa shape index (κ3) is 4.53. The molecule has 0 saturated carbocycles. The van der Waals surface area contributed by atoms with Crippen LogP contribution in [-0.2, 0) is 26.1 Å². The van der Waals surface area contributed by atoms with Crippen molar-refractivity contribution in [2.75, 3.05) is 26.3 Å². The van der Waals surface area contributed by atoms with Crippen LogP contribution >= 0.6 is 0 Å². The van der Waals surface area contributed by atoms with E-state index >= 15 is 0 Å². The number of nitro groups is 1. The molecule has 10 heteroatoms. The van der Waals surface area contributed by atoms with Crippen LogP contribution in [0.2, 0.25) is 0 Å². The fourth-order valence-electron chi connectivity index (χ4n) is 2.65. The standard InChI is InChI=1S/C18H18N2O7S/c21-18(27-13-14-1-5-16(6-2-14)20(22)23)15-3-7-17(8-4-15)28(24,25)19-9-11-26-12-10-19/h1-8H,9-13H2. The molecule has 0 spiro atoms. The molecule has 1 saturated heterocycles. The molecule has 3 rings (SSSR count). The first-order chi connectivity index (χ1) is 13.4. The number of hydrogen-bond donors (Lipinski definition) is 0. The van der Waals surface area contributed by atoms with Crippen molar-refractivity contribution in [3.05, 3.63) is 69.8 Å². The Kier molecular flexibility index (Phi) is 6.02. The predicted molar refractivity (Wildman–Crippen MR) is 98.2 cm³/mol. The molecule has 1 heterocycles. The van der Waals surface area contributed by atoms with Gasteiger partial charge in [0.15, 0.2) is 0 Å². The number of hydrogen-bond acceptors (Lipinski definition) is 7. The van der Waals surface area contributed by atoms with Gasteiger partial charge in [0.1, 0.15) is 6.61 Å². The van der Waals surface area contributed by atoms with Crippen LogP contribution in [0.15, 0.2) is 53.4 Å². The van der Waals surface area contributed by atoms with Crippen molar-refractivity contribution in [1.29, 1.82) is 0 Å². The van der Waals surface area contributed by atoms with Gasteiger partial charge in [0.25, 0.3) is 5.69 Å². The van der Waals surface area contributed by atoms with E-state index in [1.807, 2.05) is 0 Å². The third-order valence-corrected chi connectivity index (χ3v) is 6.13. The highest BCUT2D eigenvalue weighted by Gasteiger charge is 2.26. The molecular weight excluding hydrogens is 388 g/mol. The van der Waals surface area contributed by atoms with Gasteiger partial charge in [-0.05, 0) is 42.0 Å². The lowest BCUT2D eigenvalue weighted by Crippen LogP contribution is -2.40. The van der Waals surface area contributed by atoms with Crippen molar-refractivity contribution in [3.63, 3.8) is 0 Å². The largest absolute Gasteiger partial charge is 0.457 e. The molecule has 148 valence electrons. The lowest BCUT2D eigenvalue weighted by atomic mass is 10.2. The number of ether oxygens (including phenoxy) is 2. The van der Waals surface area contributed by atoms with Crippen LogP contribution in [0, 0.1) is 10.1 Å². The van der Waals surface area contributed by atoms with Gasteiger partial charge in [-0.3, -0.25) is 10.1 Å². The minimum Gasteiger partial charge on any atom is -0.457 e. The zero-order valence-corrected chi connectivity index (χ0v) is 15.6. The molecule has 0 radical (unpaired) electrons. The lowest BCUT2D eigenvalue weighted by Gasteiger charge is -2.26. The van der Waals surface area contributed by atoms with Gasteiger partial charge < -0.3 is 9.47 Å². The van der Waals surface area contributed by atoms with Gasteiger partial charge in [-0.2, -0.15) is 4.31 Å². The number of morpholine rings is 1. The molecule has 0 amide bonds. The SMILES string of the molecule is O=C(OCc1ccc([N+](=O)[O-])cc1)c1ccc(S(=O)(=O)N2CCOCC2)cc1. The molecule has 0 unspecified atom stereocenters. The van der Waals surface area contributed by atoms with E-state index in [0.717, 1.165) is 0 Å². The summed E-state index contributed by atoms with van der Waals surface area (Å²) in [6.45, 7) is 1.24. The van der Waals surface area contributed by atoms with Crippen molar-refractivity contribution in [3.8, 4) is 0 Å². The summed E-state index contributed by atoms with van der Waals surface area (Å²) in [5, 5.41) is 10.6. The Balaban J connectivity index is 1.62. The molecule has 0 aliphatic carbocycles. The highest BCUT2D eigenvalue weighted by molar-refractivity contribution is 7.89. The summed E-state index contributed by atoms with van der Waals surface area (Å²) in [4.78, 5) is 22.4. The van der Waals surface area contributed by atoms with Crippen molar-refractivity contribution in [1.82, 2.24) is 4.31 Å². The van der Waals surface area contributed by atoms with E-state index in [-0.39, 0.29) is 22.8 Å². The molecular formula is C18H18N2O7S.